The highest BCUT2D eigenvalue weighted by Crippen LogP contribution is 2.44. The Morgan fingerprint density at radius 1 is 0.688 bits per heavy atom. The smallest absolute Gasteiger partial charge is 0.147 e. The maximum atomic E-state index is 5.99. The second kappa shape index (κ2) is 14.6. The number of benzene rings is 2. The van der Waals surface area contributed by atoms with Crippen LogP contribution in [0.15, 0.2) is 42.2 Å². The Bertz CT molecular complexity index is 792. The van der Waals surface area contributed by atoms with Crippen molar-refractivity contribution < 1.29 is 9.47 Å². The van der Waals surface area contributed by atoms with E-state index in [1.54, 1.807) is 0 Å². The Morgan fingerprint density at radius 2 is 0.969 bits per heavy atom. The summed E-state index contributed by atoms with van der Waals surface area (Å²) in [5.41, 5.74) is 2.05. The number of halogens is 8. The number of hydrogen-bond acceptors (Lipinski definition) is 2. The van der Waals surface area contributed by atoms with Gasteiger partial charge in [0.1, 0.15) is 24.7 Å². The molecule has 2 aromatic rings. The molecule has 11 heteroatoms. The molecule has 0 bridgehead atoms. The van der Waals surface area contributed by atoms with Crippen LogP contribution in [-0.4, -0.2) is 41.9 Å². The second-order valence-electron chi connectivity index (χ2n) is 7.29. The van der Waals surface area contributed by atoms with Crippen molar-refractivity contribution in [2.24, 2.45) is 0 Å². The van der Waals surface area contributed by atoms with Crippen LogP contribution in [-0.2, 0) is 5.41 Å². The van der Waals surface area contributed by atoms with E-state index in [9.17, 15) is 0 Å². The van der Waals surface area contributed by atoms with Crippen molar-refractivity contribution >= 4 is 136 Å². The van der Waals surface area contributed by atoms with Crippen molar-refractivity contribution in [1.82, 2.24) is 0 Å². The van der Waals surface area contributed by atoms with Crippen LogP contribution in [0.4, 0.5) is 0 Å². The van der Waals surface area contributed by atoms with E-state index in [2.05, 4.69) is 166 Å². The van der Waals surface area contributed by atoms with E-state index >= 15 is 0 Å². The number of hydrogen-bond donors (Lipinski definition) is 0. The molecule has 3 radical (unpaired) electrons. The summed E-state index contributed by atoms with van der Waals surface area (Å²) in [6, 6.07) is 8.48. The lowest BCUT2D eigenvalue weighted by molar-refractivity contribution is 0.321. The van der Waals surface area contributed by atoms with Gasteiger partial charge in [-0.3, -0.25) is 0 Å². The highest BCUT2D eigenvalue weighted by atomic mass is 79.9. The van der Waals surface area contributed by atoms with Crippen molar-refractivity contribution in [3.05, 3.63) is 53.3 Å². The Hall–Kier alpha value is 1.94. The van der Waals surface area contributed by atoms with Gasteiger partial charge in [-0.25, -0.2) is 0 Å². The third-order valence-electron chi connectivity index (χ3n) is 4.59. The van der Waals surface area contributed by atoms with Crippen LogP contribution in [0, 0.1) is 0 Å². The lowest BCUT2D eigenvalue weighted by atomic mass is 9.78. The monoisotopic (exact) mass is 947 g/mol. The van der Waals surface area contributed by atoms with Crippen LogP contribution in [0.2, 0.25) is 0 Å². The van der Waals surface area contributed by atoms with E-state index in [-0.39, 0.29) is 23.5 Å². The van der Waals surface area contributed by atoms with Crippen molar-refractivity contribution in [2.45, 2.75) is 28.9 Å². The minimum absolute atomic E-state index is 0. The molecular weight excluding hydrogens is 934 g/mol. The van der Waals surface area contributed by atoms with Crippen LogP contribution in [0.5, 0.6) is 11.5 Å². The maximum absolute atomic E-state index is 5.99. The molecule has 2 nitrogen and oxygen atoms in total. The normalized spacial score (nSPS) is 13.3. The number of alkyl halides is 4. The van der Waals surface area contributed by atoms with Crippen LogP contribution in [0.1, 0.15) is 25.0 Å². The lowest BCUT2D eigenvalue weighted by Crippen LogP contribution is -2.20. The maximum Gasteiger partial charge on any atom is 0.147 e. The first-order chi connectivity index (χ1) is 14.5. The van der Waals surface area contributed by atoms with Gasteiger partial charge >= 0.3 is 0 Å². The minimum Gasteiger partial charge on any atom is -0.490 e. The van der Waals surface area contributed by atoms with E-state index in [1.165, 1.54) is 0 Å². The molecule has 0 saturated carbocycles. The zero-order chi connectivity index (χ0) is 23.3. The Kier molecular flexibility index (Phi) is 14.6. The molecule has 32 heavy (non-hydrogen) atoms. The van der Waals surface area contributed by atoms with E-state index in [4.69, 9.17) is 9.47 Å². The zero-order valence-corrected chi connectivity index (χ0v) is 29.9. The average Bonchev–Trinajstić information content (AvgIpc) is 2.71. The van der Waals surface area contributed by atoms with E-state index in [0.29, 0.717) is 13.2 Å². The van der Waals surface area contributed by atoms with Gasteiger partial charge in [0.15, 0.2) is 0 Å². The van der Waals surface area contributed by atoms with E-state index in [1.807, 2.05) is 0 Å². The SMILES string of the molecule is CC(C)(c1cc(Br)c(OCC(Br)CBr)c(Br)c1)c1cc(Br)c(OCC(Br)CBr)c(Br)c1.[B]. The van der Waals surface area contributed by atoms with Crippen molar-refractivity contribution in [3.8, 4) is 11.5 Å². The van der Waals surface area contributed by atoms with Gasteiger partial charge in [0.2, 0.25) is 0 Å². The molecule has 0 spiro atoms. The Morgan fingerprint density at radius 3 is 1.22 bits per heavy atom. The average molecular weight is 954 g/mol. The van der Waals surface area contributed by atoms with Gasteiger partial charge in [-0.05, 0) is 99.1 Å². The molecule has 2 aromatic carbocycles. The molecule has 0 heterocycles. The summed E-state index contributed by atoms with van der Waals surface area (Å²) in [5, 5.41) is 1.65. The highest BCUT2D eigenvalue weighted by Gasteiger charge is 2.27. The standard InChI is InChI=1S/C21H20Br8O2.B/c1-21(2,11-3-15(26)19(16(27)4-11)30-9-13(24)7-22)12-5-17(28)20(18(29)6-12)31-10-14(25)8-23;/h3-6,13-14H,7-10H2,1-2H3;. The predicted molar refractivity (Wildman–Crippen MR) is 166 cm³/mol. The first kappa shape index (κ1) is 32.0. The summed E-state index contributed by atoms with van der Waals surface area (Å²) in [4.78, 5) is 0.486. The van der Waals surface area contributed by atoms with Crippen LogP contribution in [0.3, 0.4) is 0 Å². The largest absolute Gasteiger partial charge is 0.490 e. The van der Waals surface area contributed by atoms with Crippen LogP contribution >= 0.6 is 127 Å². The van der Waals surface area contributed by atoms with Crippen molar-refractivity contribution in [3.63, 3.8) is 0 Å². The summed E-state index contributed by atoms with van der Waals surface area (Å²) in [5.74, 6) is 1.60. The molecular formula is C21H20BBr8O2. The first-order valence-corrected chi connectivity index (χ1v) is 16.4. The Labute approximate surface area is 259 Å². The second-order valence-corrected chi connectivity index (χ2v) is 14.6. The molecule has 0 aromatic heterocycles. The number of rotatable bonds is 10. The molecule has 0 aliphatic carbocycles. The van der Waals surface area contributed by atoms with E-state index in [0.717, 1.165) is 51.2 Å². The summed E-state index contributed by atoms with van der Waals surface area (Å²) in [6.45, 7) is 5.54. The molecule has 0 amide bonds. The quantitative estimate of drug-likeness (QED) is 0.175. The molecule has 2 rings (SSSR count). The molecule has 0 aliphatic heterocycles. The summed E-state index contributed by atoms with van der Waals surface area (Å²) in [7, 11) is 0. The highest BCUT2D eigenvalue weighted by molar-refractivity contribution is 9.12. The van der Waals surface area contributed by atoms with Gasteiger partial charge in [-0.1, -0.05) is 77.6 Å². The fourth-order valence-electron chi connectivity index (χ4n) is 2.72. The topological polar surface area (TPSA) is 18.5 Å². The molecule has 2 unspecified atom stereocenters. The van der Waals surface area contributed by atoms with Crippen molar-refractivity contribution in [2.75, 3.05) is 23.9 Å². The summed E-state index contributed by atoms with van der Waals surface area (Å²) in [6.07, 6.45) is 0. The summed E-state index contributed by atoms with van der Waals surface area (Å²) < 4.78 is 15.6. The molecule has 0 fully saturated rings. The minimum atomic E-state index is -0.255. The molecule has 0 saturated heterocycles. The van der Waals surface area contributed by atoms with Gasteiger partial charge in [0.25, 0.3) is 0 Å². The van der Waals surface area contributed by atoms with Crippen LogP contribution in [0.25, 0.3) is 0 Å². The van der Waals surface area contributed by atoms with Gasteiger partial charge in [-0.2, -0.15) is 0 Å². The predicted octanol–water partition coefficient (Wildman–Crippen LogP) is 9.76. The van der Waals surface area contributed by atoms with Gasteiger partial charge in [0, 0.05) is 24.5 Å². The Balaban J connectivity index is 0.00000512. The number of ether oxygens (including phenoxy) is 2. The van der Waals surface area contributed by atoms with Crippen molar-refractivity contribution in [1.29, 1.82) is 0 Å². The van der Waals surface area contributed by atoms with Gasteiger partial charge in [0.05, 0.1) is 27.5 Å². The fraction of sp³-hybridized carbons (Fsp3) is 0.429. The molecule has 0 aliphatic rings. The molecule has 0 N–H and O–H groups in total. The zero-order valence-electron chi connectivity index (χ0n) is 17.2. The summed E-state index contributed by atoms with van der Waals surface area (Å²) >= 11 is 28.8. The molecule has 175 valence electrons. The first-order valence-electron chi connectivity index (χ1n) is 9.15. The lowest BCUT2D eigenvalue weighted by Gasteiger charge is -2.28. The van der Waals surface area contributed by atoms with E-state index < -0.39 is 0 Å². The molecule has 2 atom stereocenters. The fourth-order valence-corrected chi connectivity index (χ4v) is 6.19. The van der Waals surface area contributed by atoms with Crippen LogP contribution < -0.4 is 9.47 Å². The third kappa shape index (κ3) is 8.51. The third-order valence-corrected chi connectivity index (χ3v) is 11.4. The van der Waals surface area contributed by atoms with Gasteiger partial charge in [-0.15, -0.1) is 0 Å². The van der Waals surface area contributed by atoms with Gasteiger partial charge < -0.3 is 9.47 Å².